The van der Waals surface area contributed by atoms with Gasteiger partial charge in [-0.25, -0.2) is 0 Å². The molecule has 0 aliphatic carbocycles. The molecular weight excluding hydrogens is 460 g/mol. The number of aromatic nitrogens is 1. The number of anilines is 3. The Morgan fingerprint density at radius 3 is 2.60 bits per heavy atom. The molecule has 35 heavy (non-hydrogen) atoms. The van der Waals surface area contributed by atoms with E-state index >= 15 is 0 Å². The summed E-state index contributed by atoms with van der Waals surface area (Å²) in [7, 11) is 0. The van der Waals surface area contributed by atoms with Gasteiger partial charge in [-0.2, -0.15) is 0 Å². The largest absolute Gasteiger partial charge is 0.545 e. The smallest absolute Gasteiger partial charge is 0.250 e. The van der Waals surface area contributed by atoms with Gasteiger partial charge in [-0.15, -0.1) is 0 Å². The van der Waals surface area contributed by atoms with Crippen molar-refractivity contribution in [3.63, 3.8) is 0 Å². The number of carboxylic acid groups (broad SMARTS) is 1. The Balaban J connectivity index is 1.42. The van der Waals surface area contributed by atoms with Crippen LogP contribution in [0.15, 0.2) is 59.4 Å². The van der Waals surface area contributed by atoms with Gasteiger partial charge in [0, 0.05) is 43.0 Å². The van der Waals surface area contributed by atoms with Crippen LogP contribution < -0.4 is 26.2 Å². The van der Waals surface area contributed by atoms with E-state index in [4.69, 9.17) is 12.2 Å². The van der Waals surface area contributed by atoms with Gasteiger partial charge in [0.05, 0.1) is 17.3 Å². The number of nitrogens with one attached hydrogen (secondary N) is 2. The molecule has 0 radical (unpaired) electrons. The zero-order valence-electron chi connectivity index (χ0n) is 19.7. The van der Waals surface area contributed by atoms with E-state index in [1.807, 2.05) is 47.9 Å². The van der Waals surface area contributed by atoms with Gasteiger partial charge >= 0.3 is 0 Å². The van der Waals surface area contributed by atoms with Crippen LogP contribution >= 0.6 is 12.2 Å². The van der Waals surface area contributed by atoms with Crippen molar-refractivity contribution < 1.29 is 9.90 Å². The monoisotopic (exact) mass is 487 g/mol. The zero-order valence-corrected chi connectivity index (χ0v) is 20.5. The van der Waals surface area contributed by atoms with Crippen molar-refractivity contribution in [2.75, 3.05) is 28.6 Å². The normalized spacial score (nSPS) is 18.5. The molecule has 2 aliphatic heterocycles. The second-order valence-corrected chi connectivity index (χ2v) is 9.91. The molecule has 3 heterocycles. The lowest BCUT2D eigenvalue weighted by Gasteiger charge is -2.44. The first-order valence-corrected chi connectivity index (χ1v) is 12.1. The maximum atomic E-state index is 12.4. The molecule has 180 valence electrons. The third-order valence-corrected chi connectivity index (χ3v) is 7.27. The molecule has 2 aromatic carbocycles. The lowest BCUT2D eigenvalue weighted by atomic mass is 9.83. The van der Waals surface area contributed by atoms with Crippen LogP contribution in [0.25, 0.3) is 0 Å². The molecule has 8 heteroatoms. The number of carboxylic acids is 1. The number of aromatic carboxylic acids is 1. The SMILES string of the molecule is Cc1ccc(NC(=S)Nc2cc(C(=O)[O-])ccc2N2CC3CC(C2)c2cccc(=O)n2C3)cc1C. The number of thiocarbonyl (C=S) groups is 1. The summed E-state index contributed by atoms with van der Waals surface area (Å²) in [5.41, 5.74) is 5.88. The standard InChI is InChI=1S/C27H28N4O3S/c1-16-6-8-21(10-17(16)2)28-27(35)29-22-12-19(26(33)34)7-9-24(22)30-13-18-11-20(15-30)23-4-3-5-25(32)31(23)14-18/h3-10,12,18,20H,11,13-15H2,1-2H3,(H,33,34)(H2,28,29,35)/p-1. The second-order valence-electron chi connectivity index (χ2n) is 9.50. The van der Waals surface area contributed by atoms with Crippen LogP contribution in [-0.2, 0) is 6.54 Å². The van der Waals surface area contributed by atoms with Gasteiger partial charge in [-0.1, -0.05) is 18.2 Å². The molecule has 3 aromatic rings. The van der Waals surface area contributed by atoms with Crippen LogP contribution in [0.5, 0.6) is 0 Å². The van der Waals surface area contributed by atoms with Crippen LogP contribution in [0.3, 0.4) is 0 Å². The van der Waals surface area contributed by atoms with Gasteiger partial charge in [0.25, 0.3) is 5.56 Å². The fourth-order valence-electron chi connectivity index (χ4n) is 5.24. The fourth-order valence-corrected chi connectivity index (χ4v) is 5.46. The first-order chi connectivity index (χ1) is 16.8. The Bertz CT molecular complexity index is 1380. The molecule has 2 aliphatic rings. The first kappa shape index (κ1) is 23.1. The quantitative estimate of drug-likeness (QED) is 0.546. The highest BCUT2D eigenvalue weighted by Crippen LogP contribution is 2.39. The molecule has 0 amide bonds. The molecule has 1 aromatic heterocycles. The molecule has 2 atom stereocenters. The number of carbonyl (C=O) groups is 1. The molecule has 2 N–H and O–H groups in total. The number of pyridine rings is 1. The minimum absolute atomic E-state index is 0.0501. The predicted octanol–water partition coefficient (Wildman–Crippen LogP) is 3.26. The van der Waals surface area contributed by atoms with Gasteiger partial charge in [-0.05, 0) is 85.4 Å². The molecule has 5 rings (SSSR count). The van der Waals surface area contributed by atoms with Crippen molar-refractivity contribution in [1.29, 1.82) is 0 Å². The van der Waals surface area contributed by atoms with E-state index in [1.54, 1.807) is 18.2 Å². The van der Waals surface area contributed by atoms with Crippen molar-refractivity contribution in [2.24, 2.45) is 5.92 Å². The number of nitrogens with zero attached hydrogens (tertiary/aromatic N) is 2. The number of carbonyl (C=O) groups excluding carboxylic acids is 1. The number of rotatable bonds is 4. The number of hydrogen-bond donors (Lipinski definition) is 2. The van der Waals surface area contributed by atoms with Gasteiger partial charge in [-0.3, -0.25) is 4.79 Å². The highest BCUT2D eigenvalue weighted by Gasteiger charge is 2.35. The number of aryl methyl sites for hydroxylation is 2. The summed E-state index contributed by atoms with van der Waals surface area (Å²) in [6, 6.07) is 16.4. The van der Waals surface area contributed by atoms with E-state index in [0.717, 1.165) is 42.1 Å². The Labute approximate surface area is 209 Å². The van der Waals surface area contributed by atoms with Crippen molar-refractivity contribution in [3.05, 3.63) is 87.3 Å². The second kappa shape index (κ2) is 9.19. The van der Waals surface area contributed by atoms with Crippen LogP contribution in [0.2, 0.25) is 0 Å². The molecule has 1 saturated heterocycles. The maximum Gasteiger partial charge on any atom is 0.250 e. The minimum Gasteiger partial charge on any atom is -0.545 e. The van der Waals surface area contributed by atoms with Crippen LogP contribution in [0.1, 0.15) is 39.5 Å². The summed E-state index contributed by atoms with van der Waals surface area (Å²) in [5, 5.41) is 18.4. The number of benzene rings is 2. The summed E-state index contributed by atoms with van der Waals surface area (Å²) in [6.45, 7) is 6.29. The van der Waals surface area contributed by atoms with E-state index < -0.39 is 5.97 Å². The predicted molar refractivity (Wildman–Crippen MR) is 140 cm³/mol. The molecule has 1 fully saturated rings. The van der Waals surface area contributed by atoms with Crippen molar-refractivity contribution in [2.45, 2.75) is 32.7 Å². The van der Waals surface area contributed by atoms with Crippen molar-refractivity contribution in [1.82, 2.24) is 4.57 Å². The lowest BCUT2D eigenvalue weighted by Crippen LogP contribution is -2.47. The van der Waals surface area contributed by atoms with E-state index in [9.17, 15) is 14.7 Å². The van der Waals surface area contributed by atoms with Crippen molar-refractivity contribution in [3.8, 4) is 0 Å². The van der Waals surface area contributed by atoms with Crippen LogP contribution in [0, 0.1) is 19.8 Å². The van der Waals surface area contributed by atoms with E-state index in [0.29, 0.717) is 23.3 Å². The molecule has 2 bridgehead atoms. The van der Waals surface area contributed by atoms with E-state index in [-0.39, 0.29) is 17.0 Å². The molecular formula is C27H27N4O3S-. The topological polar surface area (TPSA) is 89.4 Å². The summed E-state index contributed by atoms with van der Waals surface area (Å²) < 4.78 is 1.90. The Morgan fingerprint density at radius 1 is 1.00 bits per heavy atom. The van der Waals surface area contributed by atoms with Gasteiger partial charge in [0.1, 0.15) is 0 Å². The molecule has 7 nitrogen and oxygen atoms in total. The number of fused-ring (bicyclic) bond motifs is 4. The molecule has 0 saturated carbocycles. The Morgan fingerprint density at radius 2 is 1.83 bits per heavy atom. The number of piperidine rings is 1. The minimum atomic E-state index is -1.24. The van der Waals surface area contributed by atoms with E-state index in [1.165, 1.54) is 5.56 Å². The van der Waals surface area contributed by atoms with E-state index in [2.05, 4.69) is 22.5 Å². The molecule has 2 unspecified atom stereocenters. The Hall–Kier alpha value is -3.65. The van der Waals surface area contributed by atoms with Crippen LogP contribution in [0.4, 0.5) is 17.1 Å². The van der Waals surface area contributed by atoms with Gasteiger partial charge in [0.2, 0.25) is 0 Å². The number of hydrogen-bond acceptors (Lipinski definition) is 5. The summed E-state index contributed by atoms with van der Waals surface area (Å²) in [5.74, 6) is -0.683. The lowest BCUT2D eigenvalue weighted by molar-refractivity contribution is -0.255. The average Bonchev–Trinajstić information content (AvgIpc) is 2.82. The highest BCUT2D eigenvalue weighted by molar-refractivity contribution is 7.80. The summed E-state index contributed by atoms with van der Waals surface area (Å²) in [6.07, 6.45) is 1.03. The zero-order chi connectivity index (χ0) is 24.7. The average molecular weight is 488 g/mol. The van der Waals surface area contributed by atoms with Gasteiger partial charge in [0.15, 0.2) is 5.11 Å². The fraction of sp³-hybridized carbons (Fsp3) is 0.296. The van der Waals surface area contributed by atoms with Crippen LogP contribution in [-0.4, -0.2) is 28.7 Å². The third-order valence-electron chi connectivity index (χ3n) is 7.07. The maximum absolute atomic E-state index is 12.4. The molecule has 0 spiro atoms. The Kier molecular flexibility index (Phi) is 6.06. The van der Waals surface area contributed by atoms with Gasteiger partial charge < -0.3 is 30.0 Å². The summed E-state index contributed by atoms with van der Waals surface area (Å²) in [4.78, 5) is 26.2. The highest BCUT2D eigenvalue weighted by atomic mass is 32.1. The first-order valence-electron chi connectivity index (χ1n) is 11.7. The van der Waals surface area contributed by atoms with Crippen molar-refractivity contribution >= 4 is 40.4 Å². The summed E-state index contributed by atoms with van der Waals surface area (Å²) >= 11 is 5.57. The third kappa shape index (κ3) is 4.66.